The Bertz CT molecular complexity index is 1060. The minimum absolute atomic E-state index is 0.0433. The van der Waals surface area contributed by atoms with Crippen LogP contribution >= 0.6 is 0 Å². The van der Waals surface area contributed by atoms with Gasteiger partial charge in [-0.05, 0) is 30.7 Å². The summed E-state index contributed by atoms with van der Waals surface area (Å²) in [6.45, 7) is 4.05. The van der Waals surface area contributed by atoms with Crippen LogP contribution < -0.4 is 0 Å². The Balaban J connectivity index is 1.57. The van der Waals surface area contributed by atoms with Gasteiger partial charge in [-0.1, -0.05) is 41.6 Å². The maximum Gasteiger partial charge on any atom is 0.168 e. The molecule has 1 aromatic carbocycles. The highest BCUT2D eigenvalue weighted by Gasteiger charge is 2.32. The number of Topliss-reactive ketones (excluding diaryl/α,β-unsaturated/α-hetero) is 2. The fraction of sp³-hybridized carbons (Fsp3) is 0.360. The Morgan fingerprint density at radius 3 is 2.74 bits per heavy atom. The molecule has 0 aliphatic heterocycles. The van der Waals surface area contributed by atoms with Gasteiger partial charge in [0.25, 0.3) is 0 Å². The molecule has 0 saturated carbocycles. The monoisotopic (exact) mass is 418 g/mol. The lowest BCUT2D eigenvalue weighted by atomic mass is 9.80. The van der Waals surface area contributed by atoms with E-state index in [0.717, 1.165) is 18.4 Å². The summed E-state index contributed by atoms with van der Waals surface area (Å²) >= 11 is 0. The van der Waals surface area contributed by atoms with E-state index in [1.54, 1.807) is 6.08 Å². The molecule has 6 heteroatoms. The van der Waals surface area contributed by atoms with Gasteiger partial charge in [0.2, 0.25) is 0 Å². The average Bonchev–Trinajstić information content (AvgIpc) is 3.19. The zero-order valence-corrected chi connectivity index (χ0v) is 17.5. The Morgan fingerprint density at radius 2 is 2.00 bits per heavy atom. The summed E-state index contributed by atoms with van der Waals surface area (Å²) in [4.78, 5) is 29.9. The van der Waals surface area contributed by atoms with Gasteiger partial charge in [0.05, 0.1) is 23.4 Å². The molecule has 1 unspecified atom stereocenters. The second-order valence-electron chi connectivity index (χ2n) is 8.04. The van der Waals surface area contributed by atoms with E-state index >= 15 is 0 Å². The van der Waals surface area contributed by atoms with Crippen molar-refractivity contribution in [3.05, 3.63) is 76.9 Å². The van der Waals surface area contributed by atoms with Gasteiger partial charge in [-0.25, -0.2) is 0 Å². The van der Waals surface area contributed by atoms with Gasteiger partial charge in [0, 0.05) is 31.4 Å². The summed E-state index contributed by atoms with van der Waals surface area (Å²) in [5.41, 5.74) is 3.08. The third-order valence-corrected chi connectivity index (χ3v) is 5.93. The van der Waals surface area contributed by atoms with Crippen LogP contribution in [0.15, 0.2) is 63.8 Å². The number of hydrogen-bond donors (Lipinski definition) is 1. The molecule has 6 nitrogen and oxygen atoms in total. The van der Waals surface area contributed by atoms with E-state index in [-0.39, 0.29) is 23.2 Å². The van der Waals surface area contributed by atoms with Crippen LogP contribution in [0.1, 0.15) is 65.4 Å². The first-order valence-electron chi connectivity index (χ1n) is 10.7. The third kappa shape index (κ3) is 4.43. The summed E-state index contributed by atoms with van der Waals surface area (Å²) in [7, 11) is 0. The zero-order chi connectivity index (χ0) is 21.8. The van der Waals surface area contributed by atoms with Crippen molar-refractivity contribution in [2.75, 3.05) is 6.54 Å². The van der Waals surface area contributed by atoms with Crippen LogP contribution in [0.25, 0.3) is 0 Å². The lowest BCUT2D eigenvalue weighted by Crippen LogP contribution is -2.24. The first-order chi connectivity index (χ1) is 15.1. The molecule has 0 fully saturated rings. The van der Waals surface area contributed by atoms with Crippen molar-refractivity contribution in [3.63, 3.8) is 0 Å². The lowest BCUT2D eigenvalue weighted by molar-refractivity contribution is -0.116. The van der Waals surface area contributed by atoms with Gasteiger partial charge < -0.3 is 9.63 Å². The van der Waals surface area contributed by atoms with E-state index < -0.39 is 0 Å². The number of aliphatic imine (C=N–C) groups is 1. The molecular formula is C25H26N2O4. The van der Waals surface area contributed by atoms with Gasteiger partial charge >= 0.3 is 0 Å². The molecule has 4 rings (SSSR count). The van der Waals surface area contributed by atoms with Crippen molar-refractivity contribution in [3.8, 4) is 0 Å². The molecule has 0 amide bonds. The van der Waals surface area contributed by atoms with Gasteiger partial charge in [-0.3, -0.25) is 14.6 Å². The lowest BCUT2D eigenvalue weighted by Gasteiger charge is -2.24. The molecule has 1 N–H and O–H groups in total. The van der Waals surface area contributed by atoms with Crippen LogP contribution in [0.2, 0.25) is 0 Å². The van der Waals surface area contributed by atoms with Gasteiger partial charge in [0.15, 0.2) is 11.6 Å². The molecule has 0 spiro atoms. The zero-order valence-electron chi connectivity index (χ0n) is 17.5. The first-order valence-corrected chi connectivity index (χ1v) is 10.7. The number of benzene rings is 1. The molecule has 2 aliphatic rings. The topological polar surface area (TPSA) is 92.8 Å². The van der Waals surface area contributed by atoms with Gasteiger partial charge in [-0.15, -0.1) is 6.58 Å². The maximum absolute atomic E-state index is 13.0. The number of aliphatic hydroxyl groups excluding tert-OH is 1. The van der Waals surface area contributed by atoms with E-state index in [1.807, 2.05) is 30.3 Å². The summed E-state index contributed by atoms with van der Waals surface area (Å²) in [6.07, 6.45) is 5.20. The summed E-state index contributed by atoms with van der Waals surface area (Å²) in [6, 6.07) is 9.77. The minimum Gasteiger partial charge on any atom is -0.511 e. The van der Waals surface area contributed by atoms with Crippen LogP contribution in [0.4, 0.5) is 0 Å². The number of aromatic nitrogens is 1. The number of rotatable bonds is 7. The average molecular weight is 418 g/mol. The number of carbonyl (C=O) groups is 2. The molecule has 2 aromatic rings. The number of aryl methyl sites for hydroxylation is 2. The maximum atomic E-state index is 13.0. The van der Waals surface area contributed by atoms with Crippen molar-refractivity contribution in [1.29, 1.82) is 0 Å². The first kappa shape index (κ1) is 21.0. The molecule has 1 aromatic heterocycles. The number of nitrogens with zero attached hydrogens (tertiary/aromatic N) is 2. The molecule has 0 saturated heterocycles. The Labute approximate surface area is 181 Å². The molecular weight excluding hydrogens is 392 g/mol. The normalized spacial score (nSPS) is 19.5. The van der Waals surface area contributed by atoms with Crippen molar-refractivity contribution < 1.29 is 19.2 Å². The van der Waals surface area contributed by atoms with Crippen LogP contribution in [-0.4, -0.2) is 34.1 Å². The molecule has 160 valence electrons. The van der Waals surface area contributed by atoms with Crippen LogP contribution in [0, 0.1) is 0 Å². The van der Waals surface area contributed by atoms with E-state index in [2.05, 4.69) is 16.7 Å². The van der Waals surface area contributed by atoms with Crippen molar-refractivity contribution in [1.82, 2.24) is 5.16 Å². The predicted octanol–water partition coefficient (Wildman–Crippen LogP) is 4.71. The molecule has 31 heavy (non-hydrogen) atoms. The standard InChI is InChI=1S/C25H26N2O4/c1-2-13-26-18(11-12-19-25-20(28)9-6-10-23(25)31-27-19)24-21(29)14-17(15-22(24)30)16-7-4-3-5-8-16/h2-5,7-8,17,29H,1,6,9-15H2. The predicted molar refractivity (Wildman–Crippen MR) is 118 cm³/mol. The van der Waals surface area contributed by atoms with Gasteiger partial charge in [-0.2, -0.15) is 0 Å². The number of fused-ring (bicyclic) bond motifs is 1. The fourth-order valence-electron chi connectivity index (χ4n) is 4.43. The Kier molecular flexibility index (Phi) is 6.26. The number of carbonyl (C=O) groups excluding carboxylic acids is 2. The van der Waals surface area contributed by atoms with E-state index in [4.69, 9.17) is 4.52 Å². The minimum atomic E-state index is -0.112. The molecule has 1 heterocycles. The number of allylic oxidation sites excluding steroid dienone is 2. The number of aliphatic hydroxyl groups is 1. The third-order valence-electron chi connectivity index (χ3n) is 5.93. The highest BCUT2D eigenvalue weighted by Crippen LogP contribution is 2.35. The fourth-order valence-corrected chi connectivity index (χ4v) is 4.43. The van der Waals surface area contributed by atoms with Crippen LogP contribution in [0.5, 0.6) is 0 Å². The second-order valence-corrected chi connectivity index (χ2v) is 8.04. The largest absolute Gasteiger partial charge is 0.511 e. The van der Waals surface area contributed by atoms with Crippen molar-refractivity contribution in [2.45, 2.75) is 50.9 Å². The van der Waals surface area contributed by atoms with Crippen LogP contribution in [0.3, 0.4) is 0 Å². The molecule has 2 aliphatic carbocycles. The SMILES string of the molecule is C=CCN=C(CCc1noc2c1C(=O)CCC2)C1=C(O)CC(c2ccccc2)CC1=O. The van der Waals surface area contributed by atoms with Crippen LogP contribution in [-0.2, 0) is 17.6 Å². The highest BCUT2D eigenvalue weighted by atomic mass is 16.5. The quantitative estimate of drug-likeness (QED) is 0.519. The Hall–Kier alpha value is -3.28. The van der Waals surface area contributed by atoms with E-state index in [1.165, 1.54) is 0 Å². The Morgan fingerprint density at radius 1 is 1.19 bits per heavy atom. The highest BCUT2D eigenvalue weighted by molar-refractivity contribution is 6.23. The van der Waals surface area contributed by atoms with E-state index in [0.29, 0.717) is 67.0 Å². The van der Waals surface area contributed by atoms with Gasteiger partial charge in [0.1, 0.15) is 11.5 Å². The summed E-state index contributed by atoms with van der Waals surface area (Å²) < 4.78 is 5.37. The molecule has 0 bridgehead atoms. The van der Waals surface area contributed by atoms with Crippen molar-refractivity contribution in [2.24, 2.45) is 4.99 Å². The summed E-state index contributed by atoms with van der Waals surface area (Å²) in [5, 5.41) is 14.9. The second kappa shape index (κ2) is 9.25. The van der Waals surface area contributed by atoms with Crippen molar-refractivity contribution >= 4 is 17.3 Å². The van der Waals surface area contributed by atoms with E-state index in [9.17, 15) is 14.7 Å². The molecule has 1 atom stereocenters. The number of hydrogen-bond acceptors (Lipinski definition) is 6. The molecule has 0 radical (unpaired) electrons. The smallest absolute Gasteiger partial charge is 0.168 e. The summed E-state index contributed by atoms with van der Waals surface area (Å²) in [5.74, 6) is 0.629. The number of ketones is 2.